The molecular weight excluding hydrogens is 188 g/mol. The summed E-state index contributed by atoms with van der Waals surface area (Å²) in [6.07, 6.45) is 3.83. The van der Waals surface area contributed by atoms with Gasteiger partial charge in [-0.3, -0.25) is 4.90 Å². The van der Waals surface area contributed by atoms with Crippen LogP contribution < -0.4 is 5.32 Å². The van der Waals surface area contributed by atoms with Crippen molar-refractivity contribution in [1.29, 1.82) is 0 Å². The van der Waals surface area contributed by atoms with E-state index in [2.05, 4.69) is 24.1 Å². The second-order valence-electron chi connectivity index (χ2n) is 4.91. The first-order valence-corrected chi connectivity index (χ1v) is 6.38. The second kappa shape index (κ2) is 5.28. The molecule has 0 amide bonds. The van der Waals surface area contributed by atoms with E-state index in [1.807, 2.05) is 0 Å². The summed E-state index contributed by atoms with van der Waals surface area (Å²) in [5.41, 5.74) is 0. The van der Waals surface area contributed by atoms with E-state index in [1.165, 1.54) is 25.8 Å². The van der Waals surface area contributed by atoms with Crippen molar-refractivity contribution < 1.29 is 4.74 Å². The van der Waals surface area contributed by atoms with Gasteiger partial charge in [-0.2, -0.15) is 0 Å². The third-order valence-electron chi connectivity index (χ3n) is 3.81. The standard InChI is InChI=1S/C12H24N2O/c1-3-11-9-15-7-6-14(11)12-4-5-13-10(2)8-12/h10-13H,3-9H2,1-2H3. The molecule has 2 aliphatic heterocycles. The van der Waals surface area contributed by atoms with Gasteiger partial charge in [0.05, 0.1) is 13.2 Å². The molecule has 2 heterocycles. The first kappa shape index (κ1) is 11.4. The van der Waals surface area contributed by atoms with Crippen LogP contribution in [0.4, 0.5) is 0 Å². The lowest BCUT2D eigenvalue weighted by Crippen LogP contribution is -2.54. The van der Waals surface area contributed by atoms with Gasteiger partial charge in [0.1, 0.15) is 0 Å². The van der Waals surface area contributed by atoms with Crippen LogP contribution in [0.15, 0.2) is 0 Å². The summed E-state index contributed by atoms with van der Waals surface area (Å²) in [7, 11) is 0. The topological polar surface area (TPSA) is 24.5 Å². The lowest BCUT2D eigenvalue weighted by molar-refractivity contribution is -0.0381. The highest BCUT2D eigenvalue weighted by Gasteiger charge is 2.30. The van der Waals surface area contributed by atoms with Gasteiger partial charge in [0.25, 0.3) is 0 Å². The molecule has 0 bridgehead atoms. The second-order valence-corrected chi connectivity index (χ2v) is 4.91. The zero-order valence-electron chi connectivity index (χ0n) is 10.0. The molecule has 3 unspecified atom stereocenters. The summed E-state index contributed by atoms with van der Waals surface area (Å²) in [6.45, 7) is 8.75. The molecule has 2 rings (SSSR count). The molecule has 0 aromatic carbocycles. The van der Waals surface area contributed by atoms with Crippen LogP contribution in [0, 0.1) is 0 Å². The average molecular weight is 212 g/mol. The fourth-order valence-corrected chi connectivity index (χ4v) is 2.91. The van der Waals surface area contributed by atoms with Gasteiger partial charge < -0.3 is 10.1 Å². The third-order valence-corrected chi connectivity index (χ3v) is 3.81. The highest BCUT2D eigenvalue weighted by atomic mass is 16.5. The minimum Gasteiger partial charge on any atom is -0.378 e. The molecule has 0 aromatic rings. The van der Waals surface area contributed by atoms with Crippen molar-refractivity contribution in [3.8, 4) is 0 Å². The maximum atomic E-state index is 5.56. The Morgan fingerprint density at radius 1 is 1.47 bits per heavy atom. The lowest BCUT2D eigenvalue weighted by Gasteiger charge is -2.43. The van der Waals surface area contributed by atoms with E-state index < -0.39 is 0 Å². The van der Waals surface area contributed by atoms with Crippen LogP contribution >= 0.6 is 0 Å². The normalized spacial score (nSPS) is 39.2. The van der Waals surface area contributed by atoms with Gasteiger partial charge in [-0.1, -0.05) is 6.92 Å². The Bertz CT molecular complexity index is 198. The van der Waals surface area contributed by atoms with Gasteiger partial charge in [-0.15, -0.1) is 0 Å². The molecule has 0 aromatic heterocycles. The molecule has 2 fully saturated rings. The molecule has 1 N–H and O–H groups in total. The number of rotatable bonds is 2. The number of nitrogens with one attached hydrogen (secondary N) is 1. The summed E-state index contributed by atoms with van der Waals surface area (Å²) < 4.78 is 5.56. The van der Waals surface area contributed by atoms with Crippen molar-refractivity contribution in [1.82, 2.24) is 10.2 Å². The van der Waals surface area contributed by atoms with Crippen molar-refractivity contribution in [2.45, 2.75) is 51.2 Å². The molecule has 3 atom stereocenters. The van der Waals surface area contributed by atoms with Crippen molar-refractivity contribution in [2.24, 2.45) is 0 Å². The molecule has 15 heavy (non-hydrogen) atoms. The van der Waals surface area contributed by atoms with Crippen molar-refractivity contribution in [2.75, 3.05) is 26.3 Å². The number of hydrogen-bond acceptors (Lipinski definition) is 3. The van der Waals surface area contributed by atoms with Gasteiger partial charge >= 0.3 is 0 Å². The van der Waals surface area contributed by atoms with E-state index in [-0.39, 0.29) is 0 Å². The fraction of sp³-hybridized carbons (Fsp3) is 1.00. The summed E-state index contributed by atoms with van der Waals surface area (Å²) >= 11 is 0. The fourth-order valence-electron chi connectivity index (χ4n) is 2.91. The maximum absolute atomic E-state index is 5.56. The highest BCUT2D eigenvalue weighted by Crippen LogP contribution is 2.21. The van der Waals surface area contributed by atoms with Crippen LogP contribution in [0.1, 0.15) is 33.1 Å². The average Bonchev–Trinajstić information content (AvgIpc) is 2.29. The van der Waals surface area contributed by atoms with E-state index in [0.29, 0.717) is 12.1 Å². The van der Waals surface area contributed by atoms with Gasteiger partial charge in [0.2, 0.25) is 0 Å². The maximum Gasteiger partial charge on any atom is 0.0622 e. The quantitative estimate of drug-likeness (QED) is 0.745. The van der Waals surface area contributed by atoms with E-state index >= 15 is 0 Å². The summed E-state index contributed by atoms with van der Waals surface area (Å²) in [5.74, 6) is 0. The Morgan fingerprint density at radius 2 is 2.33 bits per heavy atom. The number of ether oxygens (including phenoxy) is 1. The molecule has 88 valence electrons. The number of hydrogen-bond donors (Lipinski definition) is 1. The first-order chi connectivity index (χ1) is 7.31. The summed E-state index contributed by atoms with van der Waals surface area (Å²) in [6, 6.07) is 2.13. The Kier molecular flexibility index (Phi) is 4.00. The third kappa shape index (κ3) is 2.71. The largest absolute Gasteiger partial charge is 0.378 e. The Balaban J connectivity index is 1.94. The minimum absolute atomic E-state index is 0.661. The summed E-state index contributed by atoms with van der Waals surface area (Å²) in [4.78, 5) is 2.70. The Morgan fingerprint density at radius 3 is 3.07 bits per heavy atom. The van der Waals surface area contributed by atoms with Crippen molar-refractivity contribution in [3.05, 3.63) is 0 Å². The molecule has 2 aliphatic rings. The molecule has 0 aliphatic carbocycles. The van der Waals surface area contributed by atoms with E-state index in [1.54, 1.807) is 0 Å². The van der Waals surface area contributed by atoms with E-state index in [9.17, 15) is 0 Å². The monoisotopic (exact) mass is 212 g/mol. The van der Waals surface area contributed by atoms with Crippen LogP contribution in [-0.4, -0.2) is 49.3 Å². The van der Waals surface area contributed by atoms with Crippen LogP contribution in [0.5, 0.6) is 0 Å². The number of piperidine rings is 1. The molecule has 2 saturated heterocycles. The van der Waals surface area contributed by atoms with Gasteiger partial charge in [0.15, 0.2) is 0 Å². The SMILES string of the molecule is CCC1COCCN1C1CCNC(C)C1. The van der Waals surface area contributed by atoms with Crippen molar-refractivity contribution in [3.63, 3.8) is 0 Å². The first-order valence-electron chi connectivity index (χ1n) is 6.38. The molecule has 3 nitrogen and oxygen atoms in total. The predicted molar refractivity (Wildman–Crippen MR) is 62.1 cm³/mol. The molecular formula is C12H24N2O. The van der Waals surface area contributed by atoms with Gasteiger partial charge in [-0.25, -0.2) is 0 Å². The van der Waals surface area contributed by atoms with E-state index in [0.717, 1.165) is 25.8 Å². The smallest absolute Gasteiger partial charge is 0.0622 e. The highest BCUT2D eigenvalue weighted by molar-refractivity contribution is 4.87. The molecule has 0 saturated carbocycles. The number of nitrogens with zero attached hydrogens (tertiary/aromatic N) is 1. The van der Waals surface area contributed by atoms with Crippen LogP contribution in [0.3, 0.4) is 0 Å². The van der Waals surface area contributed by atoms with Crippen LogP contribution in [-0.2, 0) is 4.74 Å². The molecule has 0 radical (unpaired) electrons. The van der Waals surface area contributed by atoms with Gasteiger partial charge in [-0.05, 0) is 32.7 Å². The van der Waals surface area contributed by atoms with Crippen LogP contribution in [0.2, 0.25) is 0 Å². The zero-order chi connectivity index (χ0) is 10.7. The zero-order valence-corrected chi connectivity index (χ0v) is 10.0. The Labute approximate surface area is 93.2 Å². The Hall–Kier alpha value is -0.120. The van der Waals surface area contributed by atoms with Crippen molar-refractivity contribution >= 4 is 0 Å². The number of morpholine rings is 1. The molecule has 0 spiro atoms. The van der Waals surface area contributed by atoms with E-state index in [4.69, 9.17) is 4.74 Å². The summed E-state index contributed by atoms with van der Waals surface area (Å²) in [5, 5.41) is 3.53. The lowest BCUT2D eigenvalue weighted by atomic mass is 9.96. The van der Waals surface area contributed by atoms with Gasteiger partial charge in [0, 0.05) is 24.7 Å². The van der Waals surface area contributed by atoms with Crippen LogP contribution in [0.25, 0.3) is 0 Å². The predicted octanol–water partition coefficient (Wildman–Crippen LogP) is 1.24. The minimum atomic E-state index is 0.661. The molecule has 3 heteroatoms.